The third-order valence-corrected chi connectivity index (χ3v) is 2.94. The number of esters is 1. The predicted molar refractivity (Wildman–Crippen MR) is 65.6 cm³/mol. The smallest absolute Gasteiger partial charge is 0.340 e. The normalized spacial score (nSPS) is 11.1. The van der Waals surface area contributed by atoms with Crippen molar-refractivity contribution in [3.63, 3.8) is 0 Å². The first-order valence-corrected chi connectivity index (χ1v) is 5.43. The second-order valence-electron chi connectivity index (χ2n) is 3.96. The average Bonchev–Trinajstić information content (AvgIpc) is 2.89. The van der Waals surface area contributed by atoms with Crippen LogP contribution < -0.4 is 5.56 Å². The van der Waals surface area contributed by atoms with Crippen molar-refractivity contribution in [3.8, 4) is 0 Å². The van der Waals surface area contributed by atoms with Gasteiger partial charge in [-0.05, 0) is 18.2 Å². The van der Waals surface area contributed by atoms with Crippen molar-refractivity contribution >= 4 is 27.8 Å². The van der Waals surface area contributed by atoms with Gasteiger partial charge in [0.15, 0.2) is 5.82 Å². The lowest BCUT2D eigenvalue weighted by molar-refractivity contribution is 0.0596. The molecule has 0 aliphatic heterocycles. The number of nitrogens with one attached hydrogen (secondary N) is 1. The summed E-state index contributed by atoms with van der Waals surface area (Å²) >= 11 is 0. The van der Waals surface area contributed by atoms with Crippen molar-refractivity contribution < 1.29 is 18.3 Å². The van der Waals surface area contributed by atoms with Crippen LogP contribution in [0.4, 0.5) is 4.39 Å². The maximum Gasteiger partial charge on any atom is 0.340 e. The van der Waals surface area contributed by atoms with Crippen LogP contribution in [0.3, 0.4) is 0 Å². The molecule has 3 aromatic rings. The maximum atomic E-state index is 14.2. The number of benzene rings is 1. The Hall–Kier alpha value is -2.63. The van der Waals surface area contributed by atoms with Crippen molar-refractivity contribution in [3.05, 3.63) is 46.2 Å². The highest BCUT2D eigenvalue weighted by molar-refractivity contribution is 6.04. The highest BCUT2D eigenvalue weighted by atomic mass is 19.1. The summed E-state index contributed by atoms with van der Waals surface area (Å²) in [5.74, 6) is -1.64. The molecular weight excluding hydrogens is 253 g/mol. The molecule has 2 aromatic heterocycles. The zero-order valence-electron chi connectivity index (χ0n) is 9.82. The molecule has 0 spiro atoms. The van der Waals surface area contributed by atoms with Crippen LogP contribution in [0.2, 0.25) is 0 Å². The molecule has 0 bridgehead atoms. The lowest BCUT2D eigenvalue weighted by Crippen LogP contribution is -2.09. The summed E-state index contributed by atoms with van der Waals surface area (Å²) < 4.78 is 23.9. The van der Waals surface area contributed by atoms with Gasteiger partial charge in [-0.3, -0.25) is 4.79 Å². The number of aromatic amines is 1. The fourth-order valence-electron chi connectivity index (χ4n) is 2.03. The molecule has 0 unspecified atom stereocenters. The van der Waals surface area contributed by atoms with Gasteiger partial charge in [-0.15, -0.1) is 0 Å². The van der Waals surface area contributed by atoms with Gasteiger partial charge in [0.05, 0.1) is 29.8 Å². The molecule has 0 amide bonds. The quantitative estimate of drug-likeness (QED) is 0.681. The molecular formula is C13H8FNO4. The van der Waals surface area contributed by atoms with Gasteiger partial charge < -0.3 is 14.1 Å². The number of pyridine rings is 1. The Balaban J connectivity index is 2.47. The molecule has 0 aliphatic carbocycles. The molecule has 0 radical (unpaired) electrons. The van der Waals surface area contributed by atoms with E-state index in [1.54, 1.807) is 0 Å². The van der Waals surface area contributed by atoms with E-state index < -0.39 is 17.3 Å². The fourth-order valence-corrected chi connectivity index (χ4v) is 2.03. The minimum Gasteiger partial charge on any atom is -0.465 e. The first-order chi connectivity index (χ1) is 9.13. The van der Waals surface area contributed by atoms with Gasteiger partial charge in [-0.25, -0.2) is 9.18 Å². The summed E-state index contributed by atoms with van der Waals surface area (Å²) in [6.07, 6.45) is 1.35. The van der Waals surface area contributed by atoms with Gasteiger partial charge in [0.2, 0.25) is 0 Å². The van der Waals surface area contributed by atoms with Crippen molar-refractivity contribution in [1.29, 1.82) is 0 Å². The molecule has 2 heterocycles. The van der Waals surface area contributed by atoms with Gasteiger partial charge >= 0.3 is 5.97 Å². The number of ether oxygens (including phenoxy) is 1. The number of hydrogen-bond donors (Lipinski definition) is 1. The fraction of sp³-hybridized carbons (Fsp3) is 0.0769. The van der Waals surface area contributed by atoms with E-state index in [9.17, 15) is 14.0 Å². The van der Waals surface area contributed by atoms with E-state index >= 15 is 0 Å². The SMILES string of the molecule is COC(=O)c1ccc2c([nH]c(=O)c3ccoc32)c1F. The lowest BCUT2D eigenvalue weighted by Gasteiger charge is -2.05. The number of furan rings is 1. The second-order valence-corrected chi connectivity index (χ2v) is 3.96. The average molecular weight is 261 g/mol. The largest absolute Gasteiger partial charge is 0.465 e. The van der Waals surface area contributed by atoms with Gasteiger partial charge in [-0.2, -0.15) is 0 Å². The van der Waals surface area contributed by atoms with Gasteiger partial charge in [0.25, 0.3) is 5.56 Å². The van der Waals surface area contributed by atoms with E-state index in [2.05, 4.69) is 9.72 Å². The number of fused-ring (bicyclic) bond motifs is 3. The molecule has 6 heteroatoms. The third-order valence-electron chi connectivity index (χ3n) is 2.94. The number of hydrogen-bond acceptors (Lipinski definition) is 4. The van der Waals surface area contributed by atoms with Crippen molar-refractivity contribution in [2.45, 2.75) is 0 Å². The first kappa shape index (κ1) is 11.5. The molecule has 1 N–H and O–H groups in total. The number of carbonyl (C=O) groups is 1. The third kappa shape index (κ3) is 1.53. The van der Waals surface area contributed by atoms with Crippen LogP contribution >= 0.6 is 0 Å². The Bertz CT molecular complexity index is 862. The zero-order valence-corrected chi connectivity index (χ0v) is 9.82. The Morgan fingerprint density at radius 3 is 2.84 bits per heavy atom. The lowest BCUT2D eigenvalue weighted by atomic mass is 10.1. The van der Waals surface area contributed by atoms with E-state index in [0.717, 1.165) is 7.11 Å². The van der Waals surface area contributed by atoms with Crippen molar-refractivity contribution in [1.82, 2.24) is 4.98 Å². The first-order valence-electron chi connectivity index (χ1n) is 5.43. The number of carbonyl (C=O) groups excluding carboxylic acids is 1. The van der Waals surface area contributed by atoms with Crippen LogP contribution in [-0.4, -0.2) is 18.1 Å². The summed E-state index contributed by atoms with van der Waals surface area (Å²) in [6.45, 7) is 0. The molecule has 0 fully saturated rings. The van der Waals surface area contributed by atoms with E-state index in [-0.39, 0.29) is 16.7 Å². The summed E-state index contributed by atoms with van der Waals surface area (Å²) in [7, 11) is 1.16. The molecule has 0 saturated heterocycles. The van der Waals surface area contributed by atoms with Crippen LogP contribution in [0, 0.1) is 5.82 Å². The minimum atomic E-state index is -0.834. The van der Waals surface area contributed by atoms with E-state index in [1.165, 1.54) is 24.5 Å². The Morgan fingerprint density at radius 2 is 2.11 bits per heavy atom. The summed E-state index contributed by atoms with van der Waals surface area (Å²) in [5, 5.41) is 0.725. The van der Waals surface area contributed by atoms with Gasteiger partial charge in [0.1, 0.15) is 5.58 Å². The van der Waals surface area contributed by atoms with Crippen LogP contribution in [0.25, 0.3) is 21.9 Å². The number of H-pyrrole nitrogens is 1. The highest BCUT2D eigenvalue weighted by Crippen LogP contribution is 2.25. The molecule has 0 aliphatic rings. The van der Waals surface area contributed by atoms with Crippen LogP contribution in [0.5, 0.6) is 0 Å². The molecule has 1 aromatic carbocycles. The predicted octanol–water partition coefficient (Wildman–Crippen LogP) is 2.20. The zero-order chi connectivity index (χ0) is 13.6. The van der Waals surface area contributed by atoms with Crippen LogP contribution in [-0.2, 0) is 4.74 Å². The summed E-state index contributed by atoms with van der Waals surface area (Å²) in [5.41, 5.74) is -0.502. The molecule has 5 nitrogen and oxygen atoms in total. The van der Waals surface area contributed by atoms with E-state index in [1.807, 2.05) is 0 Å². The Morgan fingerprint density at radius 1 is 1.32 bits per heavy atom. The number of halogens is 1. The molecule has 3 rings (SSSR count). The number of methoxy groups -OCH3 is 1. The molecule has 96 valence electrons. The number of aromatic nitrogens is 1. The molecule has 0 saturated carbocycles. The van der Waals surface area contributed by atoms with E-state index in [0.29, 0.717) is 10.8 Å². The van der Waals surface area contributed by atoms with Crippen molar-refractivity contribution in [2.75, 3.05) is 7.11 Å². The van der Waals surface area contributed by atoms with Crippen molar-refractivity contribution in [2.24, 2.45) is 0 Å². The number of rotatable bonds is 1. The Labute approximate surface area is 105 Å². The standard InChI is InChI=1S/C13H8FNO4/c1-18-13(17)6-2-3-7-10(9(6)14)15-12(16)8-4-5-19-11(7)8/h2-5H,1H3,(H,15,16). The van der Waals surface area contributed by atoms with E-state index in [4.69, 9.17) is 4.42 Å². The Kier molecular flexibility index (Phi) is 2.38. The second kappa shape index (κ2) is 3.94. The highest BCUT2D eigenvalue weighted by Gasteiger charge is 2.18. The molecule has 19 heavy (non-hydrogen) atoms. The van der Waals surface area contributed by atoms with Gasteiger partial charge in [-0.1, -0.05) is 0 Å². The topological polar surface area (TPSA) is 72.3 Å². The summed E-state index contributed by atoms with van der Waals surface area (Å²) in [6, 6.07) is 4.30. The van der Waals surface area contributed by atoms with Gasteiger partial charge in [0, 0.05) is 5.39 Å². The van der Waals surface area contributed by atoms with Crippen LogP contribution in [0.1, 0.15) is 10.4 Å². The minimum absolute atomic E-state index is 0.0737. The van der Waals surface area contributed by atoms with Crippen LogP contribution in [0.15, 0.2) is 33.7 Å². The monoisotopic (exact) mass is 261 g/mol. The summed E-state index contributed by atoms with van der Waals surface area (Å²) in [4.78, 5) is 25.6. The molecule has 0 atom stereocenters. The maximum absolute atomic E-state index is 14.2.